The first-order valence-corrected chi connectivity index (χ1v) is 7.00. The first-order chi connectivity index (χ1) is 9.76. The van der Waals surface area contributed by atoms with Crippen molar-refractivity contribution in [3.8, 4) is 5.75 Å². The smallest absolute Gasteiger partial charge is 0.143 e. The summed E-state index contributed by atoms with van der Waals surface area (Å²) in [6.45, 7) is 2.33. The Morgan fingerprint density at radius 3 is 2.85 bits per heavy atom. The van der Waals surface area contributed by atoms with Gasteiger partial charge in [-0.25, -0.2) is 0 Å². The van der Waals surface area contributed by atoms with Gasteiger partial charge >= 0.3 is 0 Å². The number of hydrogen-bond donors (Lipinski definition) is 1. The van der Waals surface area contributed by atoms with Crippen molar-refractivity contribution < 1.29 is 9.84 Å². The lowest BCUT2D eigenvalue weighted by Crippen LogP contribution is -2.32. The van der Waals surface area contributed by atoms with E-state index in [9.17, 15) is 5.11 Å². The minimum atomic E-state index is 0.0327. The molecule has 104 valence electrons. The Kier molecular flexibility index (Phi) is 3.81. The molecule has 0 saturated heterocycles. The predicted octanol–water partition coefficient (Wildman–Crippen LogP) is 3.23. The van der Waals surface area contributed by atoms with Crippen LogP contribution in [0.3, 0.4) is 0 Å². The van der Waals surface area contributed by atoms with Crippen LogP contribution in [0.4, 0.5) is 5.69 Å². The second-order valence-corrected chi connectivity index (χ2v) is 5.30. The summed E-state index contributed by atoms with van der Waals surface area (Å²) in [6.07, 6.45) is 0. The van der Waals surface area contributed by atoms with Gasteiger partial charge in [0.2, 0.25) is 0 Å². The van der Waals surface area contributed by atoms with E-state index in [0.29, 0.717) is 6.61 Å². The molecule has 2 aromatic rings. The fraction of sp³-hybridized carbons (Fsp3) is 0.250. The molecule has 0 atom stereocenters. The second-order valence-electron chi connectivity index (χ2n) is 4.86. The maximum atomic E-state index is 9.19. The van der Waals surface area contributed by atoms with Gasteiger partial charge in [0.15, 0.2) is 0 Å². The van der Waals surface area contributed by atoms with Gasteiger partial charge in [0.1, 0.15) is 12.4 Å². The molecule has 1 heterocycles. The second kappa shape index (κ2) is 5.73. The molecule has 0 bridgehead atoms. The van der Waals surface area contributed by atoms with Crippen molar-refractivity contribution in [1.82, 2.24) is 0 Å². The number of ether oxygens (including phenoxy) is 1. The van der Waals surface area contributed by atoms with Crippen LogP contribution in [0.1, 0.15) is 11.1 Å². The molecule has 0 saturated carbocycles. The van der Waals surface area contributed by atoms with E-state index in [1.54, 1.807) is 0 Å². The number of nitrogens with zero attached hydrogens (tertiary/aromatic N) is 1. The van der Waals surface area contributed by atoms with E-state index < -0.39 is 0 Å². The van der Waals surface area contributed by atoms with Gasteiger partial charge in [-0.05, 0) is 35.4 Å². The predicted molar refractivity (Wildman–Crippen MR) is 80.4 cm³/mol. The monoisotopic (exact) mass is 289 g/mol. The third kappa shape index (κ3) is 2.74. The van der Waals surface area contributed by atoms with E-state index in [1.165, 1.54) is 5.56 Å². The zero-order valence-electron chi connectivity index (χ0n) is 11.1. The molecule has 0 aliphatic carbocycles. The first-order valence-electron chi connectivity index (χ1n) is 6.62. The van der Waals surface area contributed by atoms with Crippen LogP contribution in [0.5, 0.6) is 5.75 Å². The third-order valence-electron chi connectivity index (χ3n) is 3.43. The molecule has 3 nitrogen and oxygen atoms in total. The van der Waals surface area contributed by atoms with Crippen molar-refractivity contribution in [1.29, 1.82) is 0 Å². The van der Waals surface area contributed by atoms with Crippen molar-refractivity contribution >= 4 is 17.3 Å². The molecule has 4 heteroatoms. The van der Waals surface area contributed by atoms with Crippen LogP contribution in [0, 0.1) is 0 Å². The Bertz CT molecular complexity index is 615. The van der Waals surface area contributed by atoms with Crippen molar-refractivity contribution in [3.63, 3.8) is 0 Å². The van der Waals surface area contributed by atoms with E-state index in [-0.39, 0.29) is 6.61 Å². The molecule has 3 rings (SSSR count). The number of fused-ring (bicyclic) bond motifs is 1. The number of aliphatic hydroxyl groups excluding tert-OH is 1. The minimum absolute atomic E-state index is 0.0327. The molecule has 0 radical (unpaired) electrons. The highest BCUT2D eigenvalue weighted by atomic mass is 35.5. The van der Waals surface area contributed by atoms with E-state index in [1.807, 2.05) is 36.4 Å². The van der Waals surface area contributed by atoms with Gasteiger partial charge in [0, 0.05) is 11.6 Å². The number of rotatable bonds is 3. The highest BCUT2D eigenvalue weighted by Gasteiger charge is 2.18. The average Bonchev–Trinajstić information content (AvgIpc) is 2.47. The van der Waals surface area contributed by atoms with Gasteiger partial charge in [-0.3, -0.25) is 0 Å². The Labute approximate surface area is 123 Å². The Hall–Kier alpha value is -1.71. The topological polar surface area (TPSA) is 32.7 Å². The molecule has 0 unspecified atom stereocenters. The number of hydrogen-bond acceptors (Lipinski definition) is 3. The Balaban J connectivity index is 1.86. The summed E-state index contributed by atoms with van der Waals surface area (Å²) in [7, 11) is 0. The molecule has 2 aromatic carbocycles. The number of benzene rings is 2. The minimum Gasteiger partial charge on any atom is -0.490 e. The molecule has 1 aliphatic heterocycles. The lowest BCUT2D eigenvalue weighted by Gasteiger charge is -2.31. The van der Waals surface area contributed by atoms with Crippen LogP contribution in [-0.4, -0.2) is 18.3 Å². The molecule has 0 aromatic heterocycles. The molecule has 1 N–H and O–H groups in total. The molecular formula is C16H16ClNO2. The van der Waals surface area contributed by atoms with Crippen LogP contribution in [-0.2, 0) is 13.2 Å². The van der Waals surface area contributed by atoms with E-state index in [4.69, 9.17) is 16.3 Å². The van der Waals surface area contributed by atoms with Crippen molar-refractivity contribution in [2.45, 2.75) is 13.2 Å². The molecule has 0 fully saturated rings. The van der Waals surface area contributed by atoms with Crippen LogP contribution in [0.2, 0.25) is 5.02 Å². The maximum Gasteiger partial charge on any atom is 0.143 e. The summed E-state index contributed by atoms with van der Waals surface area (Å²) in [5.74, 6) is 0.838. The summed E-state index contributed by atoms with van der Waals surface area (Å²) in [6, 6.07) is 13.7. The fourth-order valence-corrected chi connectivity index (χ4v) is 2.65. The Morgan fingerprint density at radius 2 is 2.05 bits per heavy atom. The van der Waals surface area contributed by atoms with Crippen molar-refractivity contribution in [2.75, 3.05) is 18.1 Å². The highest BCUT2D eigenvalue weighted by Crippen LogP contribution is 2.33. The van der Waals surface area contributed by atoms with E-state index in [2.05, 4.69) is 11.0 Å². The van der Waals surface area contributed by atoms with Gasteiger partial charge in [-0.2, -0.15) is 0 Å². The highest BCUT2D eigenvalue weighted by molar-refractivity contribution is 6.30. The van der Waals surface area contributed by atoms with Gasteiger partial charge in [-0.15, -0.1) is 0 Å². The number of halogens is 1. The SMILES string of the molecule is OCc1ccc2c(c1)OCCN2Cc1cccc(Cl)c1. The number of aliphatic hydroxyl groups is 1. The van der Waals surface area contributed by atoms with Crippen molar-refractivity contribution in [2.24, 2.45) is 0 Å². The van der Waals surface area contributed by atoms with Gasteiger partial charge in [0.25, 0.3) is 0 Å². The molecular weight excluding hydrogens is 274 g/mol. The molecule has 20 heavy (non-hydrogen) atoms. The summed E-state index contributed by atoms with van der Waals surface area (Å²) in [5.41, 5.74) is 3.11. The van der Waals surface area contributed by atoms with E-state index in [0.717, 1.165) is 35.1 Å². The maximum absolute atomic E-state index is 9.19. The standard InChI is InChI=1S/C16H16ClNO2/c17-14-3-1-2-12(8-14)10-18-6-7-20-16-9-13(11-19)4-5-15(16)18/h1-5,8-9,19H,6-7,10-11H2. The molecule has 1 aliphatic rings. The lowest BCUT2D eigenvalue weighted by molar-refractivity contribution is 0.278. The average molecular weight is 290 g/mol. The summed E-state index contributed by atoms with van der Waals surface area (Å²) >= 11 is 6.03. The first kappa shape index (κ1) is 13.3. The summed E-state index contributed by atoms with van der Waals surface area (Å²) in [4.78, 5) is 2.27. The fourth-order valence-electron chi connectivity index (χ4n) is 2.44. The Morgan fingerprint density at radius 1 is 1.15 bits per heavy atom. The van der Waals surface area contributed by atoms with Crippen LogP contribution < -0.4 is 9.64 Å². The lowest BCUT2D eigenvalue weighted by atomic mass is 10.1. The zero-order valence-corrected chi connectivity index (χ0v) is 11.8. The number of anilines is 1. The molecule has 0 spiro atoms. The van der Waals surface area contributed by atoms with Crippen LogP contribution in [0.15, 0.2) is 42.5 Å². The quantitative estimate of drug-likeness (QED) is 0.942. The third-order valence-corrected chi connectivity index (χ3v) is 3.66. The summed E-state index contributed by atoms with van der Waals surface area (Å²) in [5, 5.41) is 9.94. The van der Waals surface area contributed by atoms with Gasteiger partial charge < -0.3 is 14.7 Å². The van der Waals surface area contributed by atoms with Gasteiger partial charge in [-0.1, -0.05) is 29.8 Å². The summed E-state index contributed by atoms with van der Waals surface area (Å²) < 4.78 is 5.68. The van der Waals surface area contributed by atoms with Crippen LogP contribution in [0.25, 0.3) is 0 Å². The van der Waals surface area contributed by atoms with Gasteiger partial charge in [0.05, 0.1) is 18.8 Å². The van der Waals surface area contributed by atoms with E-state index >= 15 is 0 Å². The normalized spacial score (nSPS) is 13.8. The largest absolute Gasteiger partial charge is 0.490 e. The van der Waals surface area contributed by atoms with Crippen molar-refractivity contribution in [3.05, 3.63) is 58.6 Å². The zero-order chi connectivity index (χ0) is 13.9. The molecule has 0 amide bonds. The van der Waals surface area contributed by atoms with Crippen LogP contribution >= 0.6 is 11.6 Å².